The fraction of sp³-hybridized carbons (Fsp3) is 0.462. The fourth-order valence-electron chi connectivity index (χ4n) is 1.99. The lowest BCUT2D eigenvalue weighted by Gasteiger charge is -2.17. The van der Waals surface area contributed by atoms with Crippen LogP contribution >= 0.6 is 0 Å². The molecule has 1 heteroatoms. The summed E-state index contributed by atoms with van der Waals surface area (Å²) in [6.07, 6.45) is 2.32. The monoisotopic (exact) mass is 188 g/mol. The van der Waals surface area contributed by atoms with Crippen LogP contribution in [0.4, 0.5) is 0 Å². The van der Waals surface area contributed by atoms with Crippen LogP contribution in [0.1, 0.15) is 42.9 Å². The first-order valence-electron chi connectivity index (χ1n) is 5.30. The van der Waals surface area contributed by atoms with Crippen molar-refractivity contribution >= 4 is 5.78 Å². The SMILES string of the molecule is CC(C)c1ccc2c(c1)CC(=O)CC2. The number of aryl methyl sites for hydroxylation is 1. The van der Waals surface area contributed by atoms with Crippen LogP contribution in [-0.2, 0) is 17.6 Å². The lowest BCUT2D eigenvalue weighted by Crippen LogP contribution is -2.13. The van der Waals surface area contributed by atoms with Gasteiger partial charge < -0.3 is 0 Å². The van der Waals surface area contributed by atoms with E-state index in [-0.39, 0.29) is 0 Å². The molecular weight excluding hydrogens is 172 g/mol. The van der Waals surface area contributed by atoms with E-state index >= 15 is 0 Å². The van der Waals surface area contributed by atoms with E-state index in [2.05, 4.69) is 32.0 Å². The van der Waals surface area contributed by atoms with E-state index in [0.29, 0.717) is 18.1 Å². The number of benzene rings is 1. The second kappa shape index (κ2) is 3.56. The van der Waals surface area contributed by atoms with Gasteiger partial charge in [-0.05, 0) is 29.0 Å². The topological polar surface area (TPSA) is 17.1 Å². The second-order valence-corrected chi connectivity index (χ2v) is 4.40. The van der Waals surface area contributed by atoms with Crippen molar-refractivity contribution in [2.24, 2.45) is 0 Å². The highest BCUT2D eigenvalue weighted by Gasteiger charge is 2.15. The number of Topliss-reactive ketones (excluding diaryl/α,β-unsaturated/α-hetero) is 1. The predicted octanol–water partition coefficient (Wildman–Crippen LogP) is 2.87. The van der Waals surface area contributed by atoms with Crippen molar-refractivity contribution in [2.45, 2.75) is 39.0 Å². The highest BCUT2D eigenvalue weighted by molar-refractivity contribution is 5.83. The average molecular weight is 188 g/mol. The lowest BCUT2D eigenvalue weighted by molar-refractivity contribution is -0.118. The summed E-state index contributed by atoms with van der Waals surface area (Å²) in [4.78, 5) is 11.3. The standard InChI is InChI=1S/C13H16O/c1-9(2)11-4-3-10-5-6-13(14)8-12(10)7-11/h3-4,7,9H,5-6,8H2,1-2H3. The number of carbonyl (C=O) groups excluding carboxylic acids is 1. The molecule has 1 aliphatic carbocycles. The Morgan fingerprint density at radius 1 is 1.14 bits per heavy atom. The molecular formula is C13H16O. The molecule has 0 aliphatic heterocycles. The number of ketones is 1. The van der Waals surface area contributed by atoms with Gasteiger partial charge in [0.05, 0.1) is 0 Å². The Morgan fingerprint density at radius 3 is 2.64 bits per heavy atom. The van der Waals surface area contributed by atoms with Gasteiger partial charge in [0.1, 0.15) is 5.78 Å². The van der Waals surface area contributed by atoms with Crippen molar-refractivity contribution in [3.63, 3.8) is 0 Å². The second-order valence-electron chi connectivity index (χ2n) is 4.40. The Labute approximate surface area is 85.1 Å². The van der Waals surface area contributed by atoms with Crippen LogP contribution in [0.25, 0.3) is 0 Å². The van der Waals surface area contributed by atoms with Crippen LogP contribution in [0.3, 0.4) is 0 Å². The molecule has 0 saturated heterocycles. The normalized spacial score (nSPS) is 15.8. The minimum absolute atomic E-state index is 0.387. The van der Waals surface area contributed by atoms with Crippen LogP contribution < -0.4 is 0 Å². The summed E-state index contributed by atoms with van der Waals surface area (Å²) in [5.74, 6) is 0.940. The molecule has 0 fully saturated rings. The summed E-state index contributed by atoms with van der Waals surface area (Å²) >= 11 is 0. The van der Waals surface area contributed by atoms with Gasteiger partial charge in [0.15, 0.2) is 0 Å². The largest absolute Gasteiger partial charge is 0.299 e. The van der Waals surface area contributed by atoms with Crippen LogP contribution in [0, 0.1) is 0 Å². The molecule has 0 amide bonds. The highest BCUT2D eigenvalue weighted by Crippen LogP contribution is 2.23. The van der Waals surface area contributed by atoms with E-state index in [9.17, 15) is 4.79 Å². The number of fused-ring (bicyclic) bond motifs is 1. The third kappa shape index (κ3) is 1.72. The van der Waals surface area contributed by atoms with Crippen LogP contribution in [-0.4, -0.2) is 5.78 Å². The zero-order chi connectivity index (χ0) is 10.1. The maximum absolute atomic E-state index is 11.3. The summed E-state index contributed by atoms with van der Waals surface area (Å²) in [5.41, 5.74) is 3.97. The summed E-state index contributed by atoms with van der Waals surface area (Å²) in [7, 11) is 0. The molecule has 1 aromatic carbocycles. The number of carbonyl (C=O) groups is 1. The van der Waals surface area contributed by atoms with Gasteiger partial charge in [0.25, 0.3) is 0 Å². The predicted molar refractivity (Wildman–Crippen MR) is 57.6 cm³/mol. The van der Waals surface area contributed by atoms with Crippen molar-refractivity contribution in [2.75, 3.05) is 0 Å². The van der Waals surface area contributed by atoms with E-state index in [1.54, 1.807) is 0 Å². The van der Waals surface area contributed by atoms with Gasteiger partial charge in [-0.15, -0.1) is 0 Å². The zero-order valence-electron chi connectivity index (χ0n) is 8.84. The average Bonchev–Trinajstić information content (AvgIpc) is 2.16. The summed E-state index contributed by atoms with van der Waals surface area (Å²) < 4.78 is 0. The van der Waals surface area contributed by atoms with Crippen molar-refractivity contribution < 1.29 is 4.79 Å². The Bertz CT molecular complexity index is 363. The molecule has 0 N–H and O–H groups in total. The molecule has 0 aromatic heterocycles. The minimum Gasteiger partial charge on any atom is -0.299 e. The van der Waals surface area contributed by atoms with Crippen molar-refractivity contribution in [1.82, 2.24) is 0 Å². The molecule has 0 heterocycles. The van der Waals surface area contributed by atoms with Gasteiger partial charge in [-0.3, -0.25) is 4.79 Å². The Morgan fingerprint density at radius 2 is 1.93 bits per heavy atom. The smallest absolute Gasteiger partial charge is 0.137 e. The van der Waals surface area contributed by atoms with E-state index in [1.165, 1.54) is 16.7 Å². The first-order chi connectivity index (χ1) is 6.66. The molecule has 2 rings (SSSR count). The lowest BCUT2D eigenvalue weighted by atomic mass is 9.88. The van der Waals surface area contributed by atoms with Crippen molar-refractivity contribution in [3.8, 4) is 0 Å². The first-order valence-corrected chi connectivity index (χ1v) is 5.30. The van der Waals surface area contributed by atoms with E-state index < -0.39 is 0 Å². The van der Waals surface area contributed by atoms with Gasteiger partial charge in [-0.1, -0.05) is 32.0 Å². The first kappa shape index (κ1) is 9.45. The van der Waals surface area contributed by atoms with Crippen LogP contribution in [0.5, 0.6) is 0 Å². The summed E-state index contributed by atoms with van der Waals surface area (Å²) in [6.45, 7) is 4.37. The molecule has 1 aliphatic rings. The maximum Gasteiger partial charge on any atom is 0.137 e. The molecule has 0 atom stereocenters. The number of hydrogen-bond donors (Lipinski definition) is 0. The third-order valence-electron chi connectivity index (χ3n) is 2.96. The van der Waals surface area contributed by atoms with Gasteiger partial charge >= 0.3 is 0 Å². The summed E-state index contributed by atoms with van der Waals surface area (Å²) in [6, 6.07) is 6.59. The van der Waals surface area contributed by atoms with Crippen molar-refractivity contribution in [3.05, 3.63) is 34.9 Å². The quantitative estimate of drug-likeness (QED) is 0.662. The molecule has 1 aromatic rings. The van der Waals surface area contributed by atoms with Gasteiger partial charge in [0.2, 0.25) is 0 Å². The number of hydrogen-bond acceptors (Lipinski definition) is 1. The van der Waals surface area contributed by atoms with Crippen molar-refractivity contribution in [1.29, 1.82) is 0 Å². The number of rotatable bonds is 1. The molecule has 0 spiro atoms. The van der Waals surface area contributed by atoms with Gasteiger partial charge in [-0.25, -0.2) is 0 Å². The molecule has 1 nitrogen and oxygen atoms in total. The Kier molecular flexibility index (Phi) is 2.40. The Hall–Kier alpha value is -1.11. The van der Waals surface area contributed by atoms with E-state index in [4.69, 9.17) is 0 Å². The van der Waals surface area contributed by atoms with Crippen LogP contribution in [0.2, 0.25) is 0 Å². The molecule has 14 heavy (non-hydrogen) atoms. The minimum atomic E-state index is 0.387. The molecule has 0 unspecified atom stereocenters. The Balaban J connectivity index is 2.37. The molecule has 0 bridgehead atoms. The summed E-state index contributed by atoms with van der Waals surface area (Å²) in [5, 5.41) is 0. The highest BCUT2D eigenvalue weighted by atomic mass is 16.1. The van der Waals surface area contributed by atoms with Gasteiger partial charge in [-0.2, -0.15) is 0 Å². The van der Waals surface area contributed by atoms with Gasteiger partial charge in [0, 0.05) is 12.8 Å². The fourth-order valence-corrected chi connectivity index (χ4v) is 1.99. The molecule has 0 saturated carbocycles. The van der Waals surface area contributed by atoms with E-state index in [1.807, 2.05) is 0 Å². The molecule has 0 radical (unpaired) electrons. The maximum atomic E-state index is 11.3. The van der Waals surface area contributed by atoms with Crippen LogP contribution in [0.15, 0.2) is 18.2 Å². The third-order valence-corrected chi connectivity index (χ3v) is 2.96. The molecule has 74 valence electrons. The van der Waals surface area contributed by atoms with E-state index in [0.717, 1.165) is 12.8 Å². The zero-order valence-corrected chi connectivity index (χ0v) is 8.84.